The summed E-state index contributed by atoms with van der Waals surface area (Å²) < 4.78 is 42.5. The highest BCUT2D eigenvalue weighted by Crippen LogP contribution is 2.44. The molecule has 1 saturated heterocycles. The van der Waals surface area contributed by atoms with Gasteiger partial charge in [-0.1, -0.05) is 42.5 Å². The molecule has 1 aliphatic heterocycles. The normalized spacial score (nSPS) is 22.0. The Labute approximate surface area is 240 Å². The lowest BCUT2D eigenvalue weighted by molar-refractivity contribution is -0.793. The molecule has 224 valence electrons. The topological polar surface area (TPSA) is 116 Å². The number of rotatable bonds is 11. The number of carbonyl (C=O) groups excluding carboxylic acids is 3. The average Bonchev–Trinajstić information content (AvgIpc) is 3.24. The van der Waals surface area contributed by atoms with E-state index in [9.17, 15) is 28.2 Å². The molecule has 2 aromatic rings. The van der Waals surface area contributed by atoms with Crippen LogP contribution in [0.25, 0.3) is 0 Å². The number of quaternary nitrogens is 1. The molecule has 1 fully saturated rings. The van der Waals surface area contributed by atoms with Crippen molar-refractivity contribution in [3.8, 4) is 5.75 Å². The molecule has 41 heavy (non-hydrogen) atoms. The number of nitrogens with zero attached hydrogens (tertiary/aromatic N) is 1. The summed E-state index contributed by atoms with van der Waals surface area (Å²) in [4.78, 5) is 50.0. The van der Waals surface area contributed by atoms with Gasteiger partial charge in [0, 0.05) is 12.6 Å². The molecule has 2 amide bonds. The standard InChI is InChI=1S/C30H39FNO8P/c1-22-18-24(40-26-16-9-8-15-25(26)31)19-32(22,29(35)39-21-38-28(34)30(2,3)4)27(33)20-41(36,37)17-11-10-14-23-12-6-5-7-13-23/h5-9,12-13,15-16,22,24H,10-11,14,17-21H2,1-4H3/p+1/t22-,24-,32-/m1/s1. The molecule has 3 rings (SSSR count). The first-order valence-electron chi connectivity index (χ1n) is 13.8. The molecule has 0 aliphatic carbocycles. The molecule has 1 unspecified atom stereocenters. The van der Waals surface area contributed by atoms with E-state index in [0.29, 0.717) is 12.8 Å². The van der Waals surface area contributed by atoms with Gasteiger partial charge in [-0.25, -0.2) is 9.18 Å². The zero-order chi connectivity index (χ0) is 30.3. The maximum Gasteiger partial charge on any atom is 0.526 e. The number of benzene rings is 2. The van der Waals surface area contributed by atoms with E-state index in [-0.39, 0.29) is 24.9 Å². The lowest BCUT2D eigenvalue weighted by Crippen LogP contribution is -2.61. The largest absolute Gasteiger partial charge is 0.526 e. The van der Waals surface area contributed by atoms with E-state index in [1.54, 1.807) is 33.8 Å². The highest BCUT2D eigenvalue weighted by Gasteiger charge is 2.59. The maximum atomic E-state index is 14.3. The molecule has 2 aromatic carbocycles. The Hall–Kier alpha value is -3.07. The summed E-state index contributed by atoms with van der Waals surface area (Å²) in [5, 5.41) is 0. The minimum absolute atomic E-state index is 0.0316. The fraction of sp³-hybridized carbons (Fsp3) is 0.500. The third kappa shape index (κ3) is 8.71. The Balaban J connectivity index is 1.72. The number of carbonyl (C=O) groups is 3. The van der Waals surface area contributed by atoms with Crippen molar-refractivity contribution in [3.05, 3.63) is 66.0 Å². The number of halogens is 1. The van der Waals surface area contributed by atoms with Crippen molar-refractivity contribution in [3.63, 3.8) is 0 Å². The van der Waals surface area contributed by atoms with Crippen LogP contribution < -0.4 is 4.74 Å². The van der Waals surface area contributed by atoms with Gasteiger partial charge in [-0.15, -0.1) is 0 Å². The summed E-state index contributed by atoms with van der Waals surface area (Å²) in [7, 11) is -3.95. The smallest absolute Gasteiger partial charge is 0.481 e. The van der Waals surface area contributed by atoms with Gasteiger partial charge < -0.3 is 19.1 Å². The van der Waals surface area contributed by atoms with Gasteiger partial charge in [0.2, 0.25) is 14.2 Å². The van der Waals surface area contributed by atoms with E-state index in [0.717, 1.165) is 12.0 Å². The molecule has 1 N–H and O–H groups in total. The molecule has 0 radical (unpaired) electrons. The van der Waals surface area contributed by atoms with Gasteiger partial charge in [-0.2, -0.15) is 9.28 Å². The maximum absolute atomic E-state index is 14.3. The Morgan fingerprint density at radius 3 is 2.34 bits per heavy atom. The fourth-order valence-corrected chi connectivity index (χ4v) is 6.41. The number of unbranched alkanes of at least 4 members (excludes halogenated alkanes) is 1. The number of imide groups is 1. The van der Waals surface area contributed by atoms with Gasteiger partial charge >= 0.3 is 18.0 Å². The van der Waals surface area contributed by atoms with Crippen LogP contribution in [0.5, 0.6) is 5.75 Å². The second-order valence-corrected chi connectivity index (χ2v) is 14.0. The van der Waals surface area contributed by atoms with Crippen LogP contribution in [0.15, 0.2) is 54.6 Å². The number of aryl methyl sites for hydroxylation is 1. The van der Waals surface area contributed by atoms with Crippen LogP contribution in [-0.2, 0) is 30.0 Å². The number of amides is 2. The van der Waals surface area contributed by atoms with Crippen LogP contribution in [0.1, 0.15) is 52.5 Å². The zero-order valence-electron chi connectivity index (χ0n) is 24.1. The van der Waals surface area contributed by atoms with Crippen molar-refractivity contribution in [2.24, 2.45) is 5.41 Å². The quantitative estimate of drug-likeness (QED) is 0.116. The number of para-hydroxylation sites is 1. The fourth-order valence-electron chi connectivity index (χ4n) is 4.86. The van der Waals surface area contributed by atoms with Gasteiger partial charge in [-0.05, 0) is 64.7 Å². The number of hydrogen-bond acceptors (Lipinski definition) is 7. The Kier molecular flexibility index (Phi) is 10.9. The van der Waals surface area contributed by atoms with E-state index in [2.05, 4.69) is 0 Å². The van der Waals surface area contributed by atoms with E-state index < -0.39 is 66.2 Å². The molecule has 0 bridgehead atoms. The lowest BCUT2D eigenvalue weighted by Gasteiger charge is -2.32. The number of likely N-dealkylation sites (tertiary alicyclic amines) is 1. The molecule has 1 heterocycles. The summed E-state index contributed by atoms with van der Waals surface area (Å²) in [5.74, 6) is -2.02. The average molecular weight is 593 g/mol. The van der Waals surface area contributed by atoms with Crippen molar-refractivity contribution in [1.29, 1.82) is 0 Å². The molecule has 11 heteroatoms. The molecular weight excluding hydrogens is 552 g/mol. The van der Waals surface area contributed by atoms with Crippen molar-refractivity contribution in [2.45, 2.75) is 65.5 Å². The minimum atomic E-state index is -3.95. The van der Waals surface area contributed by atoms with Crippen LogP contribution in [0.2, 0.25) is 0 Å². The van der Waals surface area contributed by atoms with Crippen molar-refractivity contribution in [1.82, 2.24) is 0 Å². The second kappa shape index (κ2) is 13.7. The predicted molar refractivity (Wildman–Crippen MR) is 151 cm³/mol. The SMILES string of the molecule is C[C@@H]1C[C@@H](Oc2ccccc2F)C[N@@+]1(C(=O)CP(=O)(O)CCCCc1ccccc1)C(=O)OCOC(=O)C(C)(C)C. The Bertz CT molecular complexity index is 1260. The molecule has 0 saturated carbocycles. The van der Waals surface area contributed by atoms with Crippen molar-refractivity contribution in [2.75, 3.05) is 25.7 Å². The third-order valence-corrected chi connectivity index (χ3v) is 8.96. The first kappa shape index (κ1) is 32.4. The van der Waals surface area contributed by atoms with E-state index in [1.165, 1.54) is 18.2 Å². The Morgan fingerprint density at radius 2 is 1.68 bits per heavy atom. The molecule has 1 aliphatic rings. The van der Waals surface area contributed by atoms with Crippen LogP contribution in [0.3, 0.4) is 0 Å². The number of hydrogen-bond donors (Lipinski definition) is 1. The predicted octanol–water partition coefficient (Wildman–Crippen LogP) is 5.69. The van der Waals surface area contributed by atoms with Gasteiger partial charge in [0.15, 0.2) is 17.7 Å². The monoisotopic (exact) mass is 592 g/mol. The van der Waals surface area contributed by atoms with Gasteiger partial charge in [-0.3, -0.25) is 9.36 Å². The van der Waals surface area contributed by atoms with Gasteiger partial charge in [0.05, 0.1) is 5.41 Å². The second-order valence-electron chi connectivity index (χ2n) is 11.6. The summed E-state index contributed by atoms with van der Waals surface area (Å²) in [6.45, 7) is 5.60. The van der Waals surface area contributed by atoms with Crippen LogP contribution in [-0.4, -0.2) is 65.2 Å². The van der Waals surface area contributed by atoms with E-state index in [1.807, 2.05) is 30.3 Å². The summed E-state index contributed by atoms with van der Waals surface area (Å²) in [6, 6.07) is 14.8. The first-order valence-corrected chi connectivity index (χ1v) is 15.8. The van der Waals surface area contributed by atoms with Crippen LogP contribution >= 0.6 is 7.37 Å². The third-order valence-electron chi connectivity index (χ3n) is 7.18. The molecule has 4 atom stereocenters. The van der Waals surface area contributed by atoms with Crippen LogP contribution in [0, 0.1) is 11.2 Å². The number of ether oxygens (including phenoxy) is 3. The molecule has 9 nitrogen and oxygen atoms in total. The van der Waals surface area contributed by atoms with Crippen molar-refractivity contribution < 1.29 is 46.9 Å². The van der Waals surface area contributed by atoms with E-state index in [4.69, 9.17) is 14.2 Å². The molecular formula is C30H40FNO8P+. The highest BCUT2D eigenvalue weighted by atomic mass is 31.2. The van der Waals surface area contributed by atoms with E-state index >= 15 is 0 Å². The summed E-state index contributed by atoms with van der Waals surface area (Å²) in [6.07, 6.45) is -0.562. The summed E-state index contributed by atoms with van der Waals surface area (Å²) >= 11 is 0. The van der Waals surface area contributed by atoms with Crippen LogP contribution in [0.4, 0.5) is 9.18 Å². The Morgan fingerprint density at radius 1 is 1.02 bits per heavy atom. The molecule has 0 spiro atoms. The first-order chi connectivity index (χ1) is 19.2. The van der Waals surface area contributed by atoms with Gasteiger partial charge in [0.1, 0.15) is 18.7 Å². The molecule has 0 aromatic heterocycles. The number of esters is 1. The van der Waals surface area contributed by atoms with Crippen molar-refractivity contribution >= 4 is 25.3 Å². The zero-order valence-corrected chi connectivity index (χ0v) is 25.0. The lowest BCUT2D eigenvalue weighted by atomic mass is 9.98. The minimum Gasteiger partial charge on any atom is -0.481 e. The highest BCUT2D eigenvalue weighted by molar-refractivity contribution is 7.58. The van der Waals surface area contributed by atoms with Gasteiger partial charge in [0.25, 0.3) is 0 Å². The summed E-state index contributed by atoms with van der Waals surface area (Å²) in [5.41, 5.74) is 0.278.